The summed E-state index contributed by atoms with van der Waals surface area (Å²) in [6.07, 6.45) is 2.48. The fraction of sp³-hybridized carbons (Fsp3) is 0.538. The van der Waals surface area contributed by atoms with Gasteiger partial charge in [-0.2, -0.15) is 0 Å². The highest BCUT2D eigenvalue weighted by molar-refractivity contribution is 5.19. The molecule has 0 aromatic heterocycles. The van der Waals surface area contributed by atoms with E-state index in [0.29, 0.717) is 12.0 Å². The first-order valence-electron chi connectivity index (χ1n) is 5.67. The number of nitrogens with one attached hydrogen (secondary N) is 1. The van der Waals surface area contributed by atoms with Gasteiger partial charge >= 0.3 is 0 Å². The Morgan fingerprint density at radius 2 is 2.07 bits per heavy atom. The molecule has 0 aliphatic carbocycles. The quantitative estimate of drug-likeness (QED) is 0.818. The van der Waals surface area contributed by atoms with E-state index < -0.39 is 0 Å². The third kappa shape index (κ3) is 2.80. The van der Waals surface area contributed by atoms with Gasteiger partial charge in [0, 0.05) is 19.7 Å². The first-order valence-corrected chi connectivity index (χ1v) is 5.67. The Balaban J connectivity index is 1.88. The van der Waals surface area contributed by atoms with Crippen molar-refractivity contribution in [2.45, 2.75) is 18.9 Å². The highest BCUT2D eigenvalue weighted by Gasteiger charge is 2.20. The van der Waals surface area contributed by atoms with Gasteiger partial charge in [-0.25, -0.2) is 0 Å². The zero-order valence-corrected chi connectivity index (χ0v) is 9.28. The fourth-order valence-corrected chi connectivity index (χ4v) is 2.26. The Bertz CT molecular complexity index is 278. The van der Waals surface area contributed by atoms with Crippen LogP contribution in [-0.4, -0.2) is 20.3 Å². The van der Waals surface area contributed by atoms with Crippen molar-refractivity contribution in [2.75, 3.05) is 20.3 Å². The van der Waals surface area contributed by atoms with Crippen LogP contribution in [0, 0.1) is 5.92 Å². The van der Waals surface area contributed by atoms with Crippen molar-refractivity contribution in [1.82, 2.24) is 5.32 Å². The van der Waals surface area contributed by atoms with E-state index in [1.165, 1.54) is 18.4 Å². The van der Waals surface area contributed by atoms with Gasteiger partial charge in [-0.1, -0.05) is 30.3 Å². The first kappa shape index (κ1) is 10.7. The lowest BCUT2D eigenvalue weighted by Gasteiger charge is -2.29. The highest BCUT2D eigenvalue weighted by atomic mass is 16.5. The largest absolute Gasteiger partial charge is 0.384 e. The van der Waals surface area contributed by atoms with Crippen molar-refractivity contribution in [3.63, 3.8) is 0 Å². The molecule has 2 unspecified atom stereocenters. The lowest BCUT2D eigenvalue weighted by molar-refractivity contribution is 0.129. The molecule has 1 N–H and O–H groups in total. The maximum Gasteiger partial charge on any atom is 0.0502 e. The summed E-state index contributed by atoms with van der Waals surface area (Å²) < 4.78 is 5.18. The summed E-state index contributed by atoms with van der Waals surface area (Å²) in [4.78, 5) is 0. The molecule has 2 heteroatoms. The minimum absolute atomic E-state index is 0.541. The maximum atomic E-state index is 5.18. The van der Waals surface area contributed by atoms with Gasteiger partial charge in [0.1, 0.15) is 0 Å². The van der Waals surface area contributed by atoms with Crippen LogP contribution in [0.5, 0.6) is 0 Å². The van der Waals surface area contributed by atoms with Gasteiger partial charge in [-0.05, 0) is 24.3 Å². The van der Waals surface area contributed by atoms with E-state index in [-0.39, 0.29) is 0 Å². The Morgan fingerprint density at radius 1 is 1.27 bits per heavy atom. The zero-order valence-electron chi connectivity index (χ0n) is 9.28. The summed E-state index contributed by atoms with van der Waals surface area (Å²) in [5.74, 6) is 0.690. The normalized spacial score (nSPS) is 26.5. The van der Waals surface area contributed by atoms with Gasteiger partial charge in [0.05, 0.1) is 6.61 Å². The van der Waals surface area contributed by atoms with E-state index in [9.17, 15) is 0 Å². The molecule has 1 aromatic carbocycles. The molecule has 1 heterocycles. The van der Waals surface area contributed by atoms with Crippen LogP contribution in [0.1, 0.15) is 24.4 Å². The molecule has 1 aliphatic heterocycles. The highest BCUT2D eigenvalue weighted by Crippen LogP contribution is 2.25. The van der Waals surface area contributed by atoms with Gasteiger partial charge in [-0.3, -0.25) is 0 Å². The summed E-state index contributed by atoms with van der Waals surface area (Å²) in [5.41, 5.74) is 1.41. The molecule has 15 heavy (non-hydrogen) atoms. The Hall–Kier alpha value is -0.860. The predicted octanol–water partition coefficient (Wildman–Crippen LogP) is 2.37. The Morgan fingerprint density at radius 3 is 2.67 bits per heavy atom. The van der Waals surface area contributed by atoms with E-state index >= 15 is 0 Å². The summed E-state index contributed by atoms with van der Waals surface area (Å²) >= 11 is 0. The molecule has 0 amide bonds. The van der Waals surface area contributed by atoms with Crippen LogP contribution in [0.4, 0.5) is 0 Å². The molecule has 0 radical (unpaired) electrons. The Kier molecular flexibility index (Phi) is 3.75. The van der Waals surface area contributed by atoms with Gasteiger partial charge in [0.2, 0.25) is 0 Å². The molecule has 0 spiro atoms. The number of ether oxygens (including phenoxy) is 1. The summed E-state index contributed by atoms with van der Waals surface area (Å²) in [7, 11) is 1.78. The minimum atomic E-state index is 0.541. The van der Waals surface area contributed by atoms with Crippen molar-refractivity contribution >= 4 is 0 Å². The molecule has 1 fully saturated rings. The second kappa shape index (κ2) is 5.29. The van der Waals surface area contributed by atoms with Crippen LogP contribution in [0.25, 0.3) is 0 Å². The van der Waals surface area contributed by atoms with Gasteiger partial charge in [0.15, 0.2) is 0 Å². The molecule has 2 rings (SSSR count). The molecule has 0 bridgehead atoms. The van der Waals surface area contributed by atoms with Gasteiger partial charge in [-0.15, -0.1) is 0 Å². The smallest absolute Gasteiger partial charge is 0.0502 e. The molecule has 82 valence electrons. The van der Waals surface area contributed by atoms with Crippen molar-refractivity contribution in [3.05, 3.63) is 35.9 Å². The second-order valence-electron chi connectivity index (χ2n) is 4.27. The van der Waals surface area contributed by atoms with Crippen molar-refractivity contribution < 1.29 is 4.74 Å². The predicted molar refractivity (Wildman–Crippen MR) is 61.8 cm³/mol. The second-order valence-corrected chi connectivity index (χ2v) is 4.27. The molecule has 2 atom stereocenters. The van der Waals surface area contributed by atoms with E-state index in [1.54, 1.807) is 7.11 Å². The molecular weight excluding hydrogens is 186 g/mol. The van der Waals surface area contributed by atoms with Gasteiger partial charge in [0.25, 0.3) is 0 Å². The molecule has 1 aliphatic rings. The van der Waals surface area contributed by atoms with E-state index in [0.717, 1.165) is 13.2 Å². The van der Waals surface area contributed by atoms with Crippen molar-refractivity contribution in [1.29, 1.82) is 0 Å². The number of hydrogen-bond acceptors (Lipinski definition) is 2. The molecule has 2 nitrogen and oxygen atoms in total. The lowest BCUT2D eigenvalue weighted by Crippen LogP contribution is -2.35. The average molecular weight is 205 g/mol. The van der Waals surface area contributed by atoms with Crippen LogP contribution >= 0.6 is 0 Å². The average Bonchev–Trinajstić information content (AvgIpc) is 2.32. The number of piperidine rings is 1. The molecule has 1 saturated heterocycles. The maximum absolute atomic E-state index is 5.18. The lowest BCUT2D eigenvalue weighted by atomic mass is 9.91. The van der Waals surface area contributed by atoms with E-state index in [2.05, 4.69) is 35.6 Å². The Labute approximate surface area is 91.6 Å². The van der Waals surface area contributed by atoms with Crippen LogP contribution in [0.15, 0.2) is 30.3 Å². The fourth-order valence-electron chi connectivity index (χ4n) is 2.26. The summed E-state index contributed by atoms with van der Waals surface area (Å²) in [6, 6.07) is 11.2. The number of methoxy groups -OCH3 is 1. The van der Waals surface area contributed by atoms with E-state index in [1.807, 2.05) is 0 Å². The number of rotatable bonds is 3. The SMILES string of the molecule is COCC1CCC(c2ccccc2)NC1. The van der Waals surface area contributed by atoms with Crippen LogP contribution < -0.4 is 5.32 Å². The topological polar surface area (TPSA) is 21.3 Å². The third-order valence-corrected chi connectivity index (χ3v) is 3.12. The van der Waals surface area contributed by atoms with Crippen LogP contribution in [-0.2, 0) is 4.74 Å². The minimum Gasteiger partial charge on any atom is -0.384 e. The molecule has 1 aromatic rings. The van der Waals surface area contributed by atoms with Crippen molar-refractivity contribution in [3.8, 4) is 0 Å². The van der Waals surface area contributed by atoms with Gasteiger partial charge < -0.3 is 10.1 Å². The standard InChI is InChI=1S/C13H19NO/c1-15-10-11-7-8-13(14-9-11)12-5-3-2-4-6-12/h2-6,11,13-14H,7-10H2,1H3. The number of hydrogen-bond donors (Lipinski definition) is 1. The molecular formula is C13H19NO. The van der Waals surface area contributed by atoms with Crippen molar-refractivity contribution in [2.24, 2.45) is 5.92 Å². The summed E-state index contributed by atoms with van der Waals surface area (Å²) in [5, 5.41) is 3.59. The van der Waals surface area contributed by atoms with E-state index in [4.69, 9.17) is 4.74 Å². The zero-order chi connectivity index (χ0) is 10.5. The van der Waals surface area contributed by atoms with Crippen LogP contribution in [0.2, 0.25) is 0 Å². The number of benzene rings is 1. The summed E-state index contributed by atoms with van der Waals surface area (Å²) in [6.45, 7) is 1.96. The first-order chi connectivity index (χ1) is 7.40. The third-order valence-electron chi connectivity index (χ3n) is 3.12. The molecule has 0 saturated carbocycles. The van der Waals surface area contributed by atoms with Crippen LogP contribution in [0.3, 0.4) is 0 Å². The monoisotopic (exact) mass is 205 g/mol.